The first-order chi connectivity index (χ1) is 12.7. The van der Waals surface area contributed by atoms with E-state index in [0.29, 0.717) is 16.6 Å². The zero-order valence-electron chi connectivity index (χ0n) is 19.3. The molecule has 3 nitrogen and oxygen atoms in total. The van der Waals surface area contributed by atoms with Crippen molar-refractivity contribution in [1.29, 1.82) is 0 Å². The Labute approximate surface area is 172 Å². The van der Waals surface area contributed by atoms with Crippen molar-refractivity contribution in [2.24, 2.45) is 11.3 Å². The topological polar surface area (TPSA) is 9.72 Å². The lowest BCUT2D eigenvalue weighted by Gasteiger charge is -2.43. The zero-order valence-corrected chi connectivity index (χ0v) is 20.4. The third-order valence-corrected chi connectivity index (χ3v) is 8.10. The van der Waals surface area contributed by atoms with E-state index < -0.39 is 0 Å². The van der Waals surface area contributed by atoms with Gasteiger partial charge < -0.3 is 9.80 Å². The molecule has 27 heavy (non-hydrogen) atoms. The number of rotatable bonds is 12. The summed E-state index contributed by atoms with van der Waals surface area (Å²) in [6.07, 6.45) is 8.43. The predicted octanol–water partition coefficient (Wildman–Crippen LogP) is 4.57. The molecule has 1 saturated heterocycles. The van der Waals surface area contributed by atoms with Crippen LogP contribution in [0.2, 0.25) is 0 Å². The average Bonchev–Trinajstić information content (AvgIpc) is 3.36. The minimum Gasteiger partial charge on any atom is -0.304 e. The van der Waals surface area contributed by atoms with Crippen molar-refractivity contribution in [2.75, 3.05) is 52.9 Å². The zero-order chi connectivity index (χ0) is 20.1. The fourth-order valence-electron chi connectivity index (χ4n) is 4.97. The van der Waals surface area contributed by atoms with Crippen LogP contribution in [0, 0.1) is 11.3 Å². The molecular weight excluding hydrogens is 349 g/mol. The quantitative estimate of drug-likeness (QED) is 0.447. The van der Waals surface area contributed by atoms with E-state index in [1.807, 2.05) is 0 Å². The van der Waals surface area contributed by atoms with Crippen LogP contribution in [-0.4, -0.2) is 78.8 Å². The SMILES string of the molecule is CCC(C)CC1(CN2CCC(P)(CN(C)CCN(CC)C(C)C)CC2)CC1. The van der Waals surface area contributed by atoms with Crippen LogP contribution in [0.1, 0.15) is 73.1 Å². The average molecular weight is 398 g/mol. The van der Waals surface area contributed by atoms with Crippen LogP contribution in [0.5, 0.6) is 0 Å². The van der Waals surface area contributed by atoms with Crippen molar-refractivity contribution in [3.63, 3.8) is 0 Å². The molecule has 0 aromatic carbocycles. The van der Waals surface area contributed by atoms with Gasteiger partial charge in [0.2, 0.25) is 0 Å². The van der Waals surface area contributed by atoms with E-state index in [0.717, 1.165) is 12.5 Å². The second-order valence-electron chi connectivity index (χ2n) is 10.3. The van der Waals surface area contributed by atoms with Crippen molar-refractivity contribution in [2.45, 2.75) is 84.3 Å². The first kappa shape index (κ1) is 23.6. The van der Waals surface area contributed by atoms with E-state index >= 15 is 0 Å². The Kier molecular flexibility index (Phi) is 9.06. The summed E-state index contributed by atoms with van der Waals surface area (Å²) in [4.78, 5) is 7.93. The van der Waals surface area contributed by atoms with E-state index in [4.69, 9.17) is 0 Å². The molecule has 1 aliphatic carbocycles. The summed E-state index contributed by atoms with van der Waals surface area (Å²) < 4.78 is 0. The Morgan fingerprint density at radius 3 is 2.11 bits per heavy atom. The lowest BCUT2D eigenvalue weighted by atomic mass is 9.89. The maximum absolute atomic E-state index is 3.25. The molecule has 1 aliphatic heterocycles. The second-order valence-corrected chi connectivity index (χ2v) is 11.5. The molecule has 1 saturated carbocycles. The normalized spacial score (nSPS) is 23.3. The number of piperidine rings is 1. The molecule has 4 heteroatoms. The van der Waals surface area contributed by atoms with Gasteiger partial charge in [-0.3, -0.25) is 4.90 Å². The number of nitrogens with zero attached hydrogens (tertiary/aromatic N) is 3. The molecule has 160 valence electrons. The minimum absolute atomic E-state index is 0.424. The van der Waals surface area contributed by atoms with Crippen LogP contribution in [-0.2, 0) is 0 Å². The summed E-state index contributed by atoms with van der Waals surface area (Å²) >= 11 is 0. The molecule has 2 fully saturated rings. The monoisotopic (exact) mass is 397 g/mol. The van der Waals surface area contributed by atoms with E-state index in [1.165, 1.54) is 77.8 Å². The number of hydrogen-bond donors (Lipinski definition) is 0. The number of likely N-dealkylation sites (tertiary alicyclic amines) is 1. The third-order valence-electron chi connectivity index (χ3n) is 7.34. The molecule has 0 radical (unpaired) electrons. The van der Waals surface area contributed by atoms with Crippen LogP contribution < -0.4 is 0 Å². The summed E-state index contributed by atoms with van der Waals surface area (Å²) in [5.41, 5.74) is 0.688. The van der Waals surface area contributed by atoms with E-state index in [9.17, 15) is 0 Å². The first-order valence-corrected chi connectivity index (χ1v) is 12.2. The fraction of sp³-hybridized carbons (Fsp3) is 1.00. The Bertz CT molecular complexity index is 427. The van der Waals surface area contributed by atoms with Gasteiger partial charge in [-0.15, -0.1) is 9.24 Å². The molecule has 0 bridgehead atoms. The van der Waals surface area contributed by atoms with Gasteiger partial charge >= 0.3 is 0 Å². The Hall–Kier alpha value is 0.310. The van der Waals surface area contributed by atoms with Crippen molar-refractivity contribution in [3.8, 4) is 0 Å². The molecular formula is C23H48N3P. The molecule has 2 aliphatic rings. The summed E-state index contributed by atoms with van der Waals surface area (Å²) in [6.45, 7) is 20.4. The van der Waals surface area contributed by atoms with E-state index in [1.54, 1.807) is 0 Å². The Morgan fingerprint density at radius 2 is 1.63 bits per heavy atom. The second kappa shape index (κ2) is 10.4. The largest absolute Gasteiger partial charge is 0.304 e. The number of hydrogen-bond acceptors (Lipinski definition) is 3. The van der Waals surface area contributed by atoms with Crippen LogP contribution in [0.15, 0.2) is 0 Å². The van der Waals surface area contributed by atoms with Crippen molar-refractivity contribution >= 4 is 9.24 Å². The first-order valence-electron chi connectivity index (χ1n) is 11.6. The summed E-state index contributed by atoms with van der Waals surface area (Å²) in [5.74, 6) is 0.903. The van der Waals surface area contributed by atoms with Gasteiger partial charge in [0.05, 0.1) is 0 Å². The molecule has 2 rings (SSSR count). The highest BCUT2D eigenvalue weighted by molar-refractivity contribution is 7.19. The van der Waals surface area contributed by atoms with Crippen molar-refractivity contribution in [1.82, 2.24) is 14.7 Å². The van der Waals surface area contributed by atoms with Crippen molar-refractivity contribution in [3.05, 3.63) is 0 Å². The molecule has 1 heterocycles. The van der Waals surface area contributed by atoms with Crippen molar-refractivity contribution < 1.29 is 0 Å². The lowest BCUT2D eigenvalue weighted by molar-refractivity contribution is 0.132. The highest BCUT2D eigenvalue weighted by atomic mass is 31.0. The third kappa shape index (κ3) is 7.57. The molecule has 0 amide bonds. The molecule has 0 aromatic heterocycles. The standard InChI is InChI=1S/C23H48N3P/c1-7-21(5)17-22(9-10-22)18-25-13-11-23(27,12-14-25)19-24(6)15-16-26(8-2)20(3)4/h20-21H,7-19,27H2,1-6H3. The molecule has 0 N–H and O–H groups in total. The summed E-state index contributed by atoms with van der Waals surface area (Å²) in [6, 6.07) is 0.654. The number of likely N-dealkylation sites (N-methyl/N-ethyl adjacent to an activating group) is 2. The van der Waals surface area contributed by atoms with E-state index in [2.05, 4.69) is 65.6 Å². The lowest BCUT2D eigenvalue weighted by Crippen LogP contribution is -2.49. The smallest absolute Gasteiger partial charge is 0.0112 e. The highest BCUT2D eigenvalue weighted by Gasteiger charge is 2.45. The highest BCUT2D eigenvalue weighted by Crippen LogP contribution is 2.52. The van der Waals surface area contributed by atoms with Gasteiger partial charge in [0.1, 0.15) is 0 Å². The maximum atomic E-state index is 3.25. The van der Waals surface area contributed by atoms with Gasteiger partial charge in [-0.1, -0.05) is 27.2 Å². The molecule has 2 atom stereocenters. The minimum atomic E-state index is 0.424. The van der Waals surface area contributed by atoms with E-state index in [-0.39, 0.29) is 0 Å². The van der Waals surface area contributed by atoms with Crippen LogP contribution in [0.3, 0.4) is 0 Å². The van der Waals surface area contributed by atoms with Gasteiger partial charge in [0.15, 0.2) is 0 Å². The van der Waals surface area contributed by atoms with Crippen LogP contribution in [0.4, 0.5) is 0 Å². The Morgan fingerprint density at radius 1 is 1.00 bits per heavy atom. The van der Waals surface area contributed by atoms with Gasteiger partial charge in [0, 0.05) is 37.4 Å². The predicted molar refractivity (Wildman–Crippen MR) is 124 cm³/mol. The molecule has 0 spiro atoms. The summed E-state index contributed by atoms with van der Waals surface area (Å²) in [5, 5.41) is 0.424. The van der Waals surface area contributed by atoms with Crippen LogP contribution >= 0.6 is 9.24 Å². The molecule has 2 unspecified atom stereocenters. The summed E-state index contributed by atoms with van der Waals surface area (Å²) in [7, 11) is 5.57. The molecule has 0 aromatic rings. The Balaban J connectivity index is 1.72. The van der Waals surface area contributed by atoms with Gasteiger partial charge in [0.25, 0.3) is 0 Å². The van der Waals surface area contributed by atoms with Crippen LogP contribution in [0.25, 0.3) is 0 Å². The van der Waals surface area contributed by atoms with Gasteiger partial charge in [-0.05, 0) is 84.0 Å². The maximum Gasteiger partial charge on any atom is 0.0112 e. The van der Waals surface area contributed by atoms with Gasteiger partial charge in [-0.25, -0.2) is 0 Å². The fourth-order valence-corrected chi connectivity index (χ4v) is 5.54. The van der Waals surface area contributed by atoms with Gasteiger partial charge in [-0.2, -0.15) is 0 Å².